The Balaban J connectivity index is 1.59. The van der Waals surface area contributed by atoms with Crippen molar-refractivity contribution >= 4 is 5.97 Å². The van der Waals surface area contributed by atoms with Gasteiger partial charge in [0, 0.05) is 6.54 Å². The van der Waals surface area contributed by atoms with Crippen LogP contribution in [0, 0.1) is 17.8 Å². The molecule has 14 heavy (non-hydrogen) atoms. The van der Waals surface area contributed by atoms with Crippen molar-refractivity contribution in [3.63, 3.8) is 0 Å². The van der Waals surface area contributed by atoms with Crippen LogP contribution in [0.15, 0.2) is 0 Å². The first-order valence-corrected chi connectivity index (χ1v) is 5.70. The van der Waals surface area contributed by atoms with Crippen molar-refractivity contribution in [1.82, 2.24) is 5.32 Å². The molecule has 2 rings (SSSR count). The number of nitrogens with one attached hydrogen (secondary N) is 1. The minimum absolute atomic E-state index is 0.252. The Morgan fingerprint density at radius 1 is 1.29 bits per heavy atom. The molecule has 0 aromatic rings. The minimum atomic E-state index is -0.702. The minimum Gasteiger partial charge on any atom is -0.481 e. The summed E-state index contributed by atoms with van der Waals surface area (Å²) in [6.07, 6.45) is 5.87. The van der Waals surface area contributed by atoms with Gasteiger partial charge in [-0.1, -0.05) is 0 Å². The fraction of sp³-hybridized carbons (Fsp3) is 0.909. The molecule has 2 saturated carbocycles. The van der Waals surface area contributed by atoms with Gasteiger partial charge in [-0.2, -0.15) is 0 Å². The predicted molar refractivity (Wildman–Crippen MR) is 54.1 cm³/mol. The summed E-state index contributed by atoms with van der Waals surface area (Å²) in [5, 5.41) is 11.8. The van der Waals surface area contributed by atoms with Gasteiger partial charge in [0.25, 0.3) is 0 Å². The molecule has 0 amide bonds. The van der Waals surface area contributed by atoms with Crippen LogP contribution < -0.4 is 5.32 Å². The molecule has 2 N–H and O–H groups in total. The molecule has 0 radical (unpaired) electrons. The third kappa shape index (κ3) is 2.98. The topological polar surface area (TPSA) is 49.3 Å². The molecule has 0 spiro atoms. The van der Waals surface area contributed by atoms with Crippen molar-refractivity contribution in [2.24, 2.45) is 17.8 Å². The molecule has 0 unspecified atom stereocenters. The Bertz CT molecular complexity index is 197. The first-order chi connectivity index (χ1) is 6.77. The molecule has 2 aliphatic carbocycles. The molecule has 2 aliphatic rings. The van der Waals surface area contributed by atoms with Crippen LogP contribution >= 0.6 is 0 Å². The van der Waals surface area contributed by atoms with Gasteiger partial charge in [-0.15, -0.1) is 0 Å². The summed E-state index contributed by atoms with van der Waals surface area (Å²) in [6, 6.07) is 0. The first kappa shape index (κ1) is 9.97. The highest BCUT2D eigenvalue weighted by atomic mass is 16.4. The van der Waals surface area contributed by atoms with Crippen molar-refractivity contribution in [3.05, 3.63) is 0 Å². The second-order valence-electron chi connectivity index (χ2n) is 4.69. The van der Waals surface area contributed by atoms with Gasteiger partial charge in [0.2, 0.25) is 0 Å². The second-order valence-corrected chi connectivity index (χ2v) is 4.69. The molecule has 0 atom stereocenters. The van der Waals surface area contributed by atoms with Crippen molar-refractivity contribution < 1.29 is 9.90 Å². The Labute approximate surface area is 84.9 Å². The van der Waals surface area contributed by atoms with Gasteiger partial charge in [0.15, 0.2) is 0 Å². The van der Waals surface area contributed by atoms with E-state index < -0.39 is 5.97 Å². The lowest BCUT2D eigenvalue weighted by atomic mass is 9.98. The second kappa shape index (κ2) is 4.30. The lowest BCUT2D eigenvalue weighted by Crippen LogP contribution is -2.27. The molecule has 80 valence electrons. The molecule has 0 aromatic carbocycles. The van der Waals surface area contributed by atoms with Crippen LogP contribution in [-0.4, -0.2) is 24.2 Å². The van der Waals surface area contributed by atoms with Gasteiger partial charge in [0.05, 0.1) is 6.42 Å². The molecule has 0 bridgehead atoms. The van der Waals surface area contributed by atoms with Gasteiger partial charge in [-0.25, -0.2) is 0 Å². The van der Waals surface area contributed by atoms with Gasteiger partial charge in [-0.3, -0.25) is 4.79 Å². The van der Waals surface area contributed by atoms with Gasteiger partial charge < -0.3 is 10.4 Å². The highest BCUT2D eigenvalue weighted by molar-refractivity contribution is 5.66. The summed E-state index contributed by atoms with van der Waals surface area (Å²) in [7, 11) is 0. The SMILES string of the molecule is O=C(O)CCNCC(C1CC1)C1CC1. The Hall–Kier alpha value is -0.570. The van der Waals surface area contributed by atoms with Gasteiger partial charge >= 0.3 is 5.97 Å². The average Bonchev–Trinajstić information content (AvgIpc) is 2.99. The van der Waals surface area contributed by atoms with E-state index in [0.717, 1.165) is 24.3 Å². The van der Waals surface area contributed by atoms with E-state index in [4.69, 9.17) is 5.11 Å². The number of carboxylic acid groups (broad SMARTS) is 1. The summed E-state index contributed by atoms with van der Waals surface area (Å²) in [6.45, 7) is 1.67. The summed E-state index contributed by atoms with van der Waals surface area (Å²) in [4.78, 5) is 10.3. The zero-order valence-corrected chi connectivity index (χ0v) is 8.54. The molecule has 0 aromatic heterocycles. The molecular weight excluding hydrogens is 178 g/mol. The van der Waals surface area contributed by atoms with Crippen LogP contribution in [0.1, 0.15) is 32.1 Å². The Morgan fingerprint density at radius 2 is 1.86 bits per heavy atom. The number of hydrogen-bond donors (Lipinski definition) is 2. The predicted octanol–water partition coefficient (Wildman–Crippen LogP) is 1.49. The molecule has 0 heterocycles. The fourth-order valence-corrected chi connectivity index (χ4v) is 2.23. The van der Waals surface area contributed by atoms with Crippen molar-refractivity contribution in [2.45, 2.75) is 32.1 Å². The molecule has 0 aliphatic heterocycles. The summed E-state index contributed by atoms with van der Waals surface area (Å²) >= 11 is 0. The maximum atomic E-state index is 10.3. The van der Waals surface area contributed by atoms with E-state index in [1.807, 2.05) is 0 Å². The molecular formula is C11H19NO2. The van der Waals surface area contributed by atoms with E-state index in [9.17, 15) is 4.79 Å². The summed E-state index contributed by atoms with van der Waals surface area (Å²) in [5.41, 5.74) is 0. The van der Waals surface area contributed by atoms with Crippen LogP contribution in [-0.2, 0) is 4.79 Å². The lowest BCUT2D eigenvalue weighted by Gasteiger charge is -2.15. The summed E-state index contributed by atoms with van der Waals surface area (Å²) < 4.78 is 0. The van der Waals surface area contributed by atoms with Gasteiger partial charge in [0.1, 0.15) is 0 Å². The Morgan fingerprint density at radius 3 is 2.29 bits per heavy atom. The van der Waals surface area contributed by atoms with E-state index >= 15 is 0 Å². The maximum absolute atomic E-state index is 10.3. The van der Waals surface area contributed by atoms with Crippen LogP contribution in [0.3, 0.4) is 0 Å². The van der Waals surface area contributed by atoms with Crippen molar-refractivity contribution in [2.75, 3.05) is 13.1 Å². The summed E-state index contributed by atoms with van der Waals surface area (Å²) in [5.74, 6) is 2.07. The van der Waals surface area contributed by atoms with E-state index in [1.54, 1.807) is 0 Å². The molecule has 0 saturated heterocycles. The third-order valence-electron chi connectivity index (χ3n) is 3.35. The normalized spacial score (nSPS) is 21.5. The number of carboxylic acids is 1. The highest BCUT2D eigenvalue weighted by Crippen LogP contribution is 2.48. The lowest BCUT2D eigenvalue weighted by molar-refractivity contribution is -0.136. The van der Waals surface area contributed by atoms with E-state index in [0.29, 0.717) is 6.54 Å². The highest BCUT2D eigenvalue weighted by Gasteiger charge is 2.40. The standard InChI is InChI=1S/C11H19NO2/c13-11(14)5-6-12-7-10(8-1-2-8)9-3-4-9/h8-10,12H,1-7H2,(H,13,14). The quantitative estimate of drug-likeness (QED) is 0.608. The number of carbonyl (C=O) groups is 1. The van der Waals surface area contributed by atoms with Crippen molar-refractivity contribution in [3.8, 4) is 0 Å². The van der Waals surface area contributed by atoms with Crippen LogP contribution in [0.4, 0.5) is 0 Å². The number of hydrogen-bond acceptors (Lipinski definition) is 2. The fourth-order valence-electron chi connectivity index (χ4n) is 2.23. The maximum Gasteiger partial charge on any atom is 0.304 e. The van der Waals surface area contributed by atoms with E-state index in [-0.39, 0.29) is 6.42 Å². The van der Waals surface area contributed by atoms with Crippen molar-refractivity contribution in [1.29, 1.82) is 0 Å². The third-order valence-corrected chi connectivity index (χ3v) is 3.35. The van der Waals surface area contributed by atoms with Gasteiger partial charge in [-0.05, 0) is 50.0 Å². The number of rotatable bonds is 7. The zero-order chi connectivity index (χ0) is 9.97. The monoisotopic (exact) mass is 197 g/mol. The zero-order valence-electron chi connectivity index (χ0n) is 8.54. The largest absolute Gasteiger partial charge is 0.481 e. The van der Waals surface area contributed by atoms with E-state index in [2.05, 4.69) is 5.32 Å². The molecule has 2 fully saturated rings. The molecule has 3 heteroatoms. The van der Waals surface area contributed by atoms with Crippen LogP contribution in [0.5, 0.6) is 0 Å². The first-order valence-electron chi connectivity index (χ1n) is 5.70. The smallest absolute Gasteiger partial charge is 0.304 e. The van der Waals surface area contributed by atoms with Crippen LogP contribution in [0.25, 0.3) is 0 Å². The van der Waals surface area contributed by atoms with Crippen LogP contribution in [0.2, 0.25) is 0 Å². The van der Waals surface area contributed by atoms with E-state index in [1.165, 1.54) is 25.7 Å². The Kier molecular flexibility index (Phi) is 3.06. The average molecular weight is 197 g/mol. The number of aliphatic carboxylic acids is 1. The molecule has 3 nitrogen and oxygen atoms in total.